The Hall–Kier alpha value is -2.05. The molecule has 0 aromatic heterocycles. The Morgan fingerprint density at radius 2 is 1.86 bits per heavy atom. The van der Waals surface area contributed by atoms with Crippen molar-refractivity contribution in [3.8, 4) is 0 Å². The summed E-state index contributed by atoms with van der Waals surface area (Å²) < 4.78 is 43.7. The maximum Gasteiger partial charge on any atom is 0.416 e. The van der Waals surface area contributed by atoms with Gasteiger partial charge in [-0.1, -0.05) is 0 Å². The van der Waals surface area contributed by atoms with E-state index in [2.05, 4.69) is 0 Å². The summed E-state index contributed by atoms with van der Waals surface area (Å²) in [6.45, 7) is 4.98. The van der Waals surface area contributed by atoms with E-state index < -0.39 is 23.4 Å². The molecule has 22 heavy (non-hydrogen) atoms. The fourth-order valence-electron chi connectivity index (χ4n) is 2.14. The van der Waals surface area contributed by atoms with Crippen LogP contribution in [0.1, 0.15) is 43.1 Å². The van der Waals surface area contributed by atoms with Gasteiger partial charge in [0.15, 0.2) is 5.78 Å². The zero-order valence-electron chi connectivity index (χ0n) is 12.5. The molecule has 7 heteroatoms. The Balaban J connectivity index is 2.44. The lowest BCUT2D eigenvalue weighted by Gasteiger charge is -2.31. The summed E-state index contributed by atoms with van der Waals surface area (Å²) in [4.78, 5) is 25.1. The van der Waals surface area contributed by atoms with E-state index in [4.69, 9.17) is 4.74 Å². The minimum atomic E-state index is -4.55. The molecule has 0 atom stereocenters. The number of hydrogen-bond donors (Lipinski definition) is 0. The van der Waals surface area contributed by atoms with Crippen molar-refractivity contribution in [2.75, 3.05) is 11.4 Å². The first-order valence-corrected chi connectivity index (χ1v) is 6.74. The SMILES string of the molecule is CC(C)(C)OC(=O)N1CCC(=O)c2ccc(C(F)(F)F)cc21. The van der Waals surface area contributed by atoms with Crippen molar-refractivity contribution in [2.45, 2.75) is 39.0 Å². The molecule has 0 spiro atoms. The molecule has 1 aromatic rings. The number of carbonyl (C=O) groups is 2. The number of benzene rings is 1. The molecule has 4 nitrogen and oxygen atoms in total. The Kier molecular flexibility index (Phi) is 3.93. The molecule has 0 unspecified atom stereocenters. The van der Waals surface area contributed by atoms with E-state index in [9.17, 15) is 22.8 Å². The van der Waals surface area contributed by atoms with Crippen LogP contribution in [-0.4, -0.2) is 24.0 Å². The first-order chi connectivity index (χ1) is 9.99. The van der Waals surface area contributed by atoms with Crippen molar-refractivity contribution in [2.24, 2.45) is 0 Å². The lowest BCUT2D eigenvalue weighted by Crippen LogP contribution is -2.41. The van der Waals surface area contributed by atoms with Gasteiger partial charge in [0, 0.05) is 18.5 Å². The number of alkyl halides is 3. The van der Waals surface area contributed by atoms with Crippen LogP contribution in [0.15, 0.2) is 18.2 Å². The van der Waals surface area contributed by atoms with Crippen molar-refractivity contribution in [3.63, 3.8) is 0 Å². The summed E-state index contributed by atoms with van der Waals surface area (Å²) in [6, 6.07) is 2.77. The summed E-state index contributed by atoms with van der Waals surface area (Å²) in [5.41, 5.74) is -1.64. The fourth-order valence-corrected chi connectivity index (χ4v) is 2.14. The van der Waals surface area contributed by atoms with E-state index in [1.807, 2.05) is 0 Å². The molecule has 0 radical (unpaired) electrons. The number of carbonyl (C=O) groups excluding carboxylic acids is 2. The number of rotatable bonds is 0. The highest BCUT2D eigenvalue weighted by Gasteiger charge is 2.35. The fraction of sp³-hybridized carbons (Fsp3) is 0.467. The van der Waals surface area contributed by atoms with Gasteiger partial charge in [0.2, 0.25) is 0 Å². The van der Waals surface area contributed by atoms with E-state index in [1.54, 1.807) is 20.8 Å². The van der Waals surface area contributed by atoms with Crippen LogP contribution in [0.5, 0.6) is 0 Å². The maximum absolute atomic E-state index is 12.8. The van der Waals surface area contributed by atoms with Crippen molar-refractivity contribution in [1.29, 1.82) is 0 Å². The molecular formula is C15H16F3NO3. The first-order valence-electron chi connectivity index (χ1n) is 6.74. The van der Waals surface area contributed by atoms with Gasteiger partial charge < -0.3 is 4.74 Å². The van der Waals surface area contributed by atoms with Gasteiger partial charge >= 0.3 is 12.3 Å². The van der Waals surface area contributed by atoms with Gasteiger partial charge in [-0.3, -0.25) is 9.69 Å². The highest BCUT2D eigenvalue weighted by atomic mass is 19.4. The maximum atomic E-state index is 12.8. The van der Waals surface area contributed by atoms with Crippen LogP contribution in [0.2, 0.25) is 0 Å². The predicted molar refractivity (Wildman–Crippen MR) is 74.0 cm³/mol. The molecule has 0 bridgehead atoms. The van der Waals surface area contributed by atoms with Gasteiger partial charge in [-0.2, -0.15) is 13.2 Å². The molecular weight excluding hydrogens is 299 g/mol. The predicted octanol–water partition coefficient (Wildman–Crippen LogP) is 4.03. The third-order valence-electron chi connectivity index (χ3n) is 3.09. The number of Topliss-reactive ketones (excluding diaryl/α,β-unsaturated/α-hetero) is 1. The monoisotopic (exact) mass is 315 g/mol. The minimum absolute atomic E-state index is 0.00204. The number of anilines is 1. The molecule has 0 saturated heterocycles. The number of nitrogens with zero attached hydrogens (tertiary/aromatic N) is 1. The van der Waals surface area contributed by atoms with Crippen molar-refractivity contribution < 1.29 is 27.5 Å². The average molecular weight is 315 g/mol. The molecule has 1 amide bonds. The van der Waals surface area contributed by atoms with Crippen LogP contribution in [0.4, 0.5) is 23.7 Å². The molecule has 1 aromatic carbocycles. The molecule has 1 aliphatic heterocycles. The third kappa shape index (κ3) is 3.40. The second-order valence-corrected chi connectivity index (χ2v) is 6.03. The Labute approximate surface area is 125 Å². The Morgan fingerprint density at radius 1 is 1.23 bits per heavy atom. The smallest absolute Gasteiger partial charge is 0.416 e. The van der Waals surface area contributed by atoms with Gasteiger partial charge in [0.25, 0.3) is 0 Å². The van der Waals surface area contributed by atoms with Crippen LogP contribution in [-0.2, 0) is 10.9 Å². The second-order valence-electron chi connectivity index (χ2n) is 6.03. The van der Waals surface area contributed by atoms with E-state index in [1.165, 1.54) is 0 Å². The normalized spacial score (nSPS) is 15.5. The second kappa shape index (κ2) is 5.30. The van der Waals surface area contributed by atoms with Crippen molar-refractivity contribution in [1.82, 2.24) is 0 Å². The highest BCUT2D eigenvalue weighted by molar-refractivity contribution is 6.07. The third-order valence-corrected chi connectivity index (χ3v) is 3.09. The first kappa shape index (κ1) is 16.3. The summed E-state index contributed by atoms with van der Waals surface area (Å²) in [7, 11) is 0. The summed E-state index contributed by atoms with van der Waals surface area (Å²) in [6.07, 6.45) is -5.26. The number of ketones is 1. The lowest BCUT2D eigenvalue weighted by molar-refractivity contribution is -0.137. The summed E-state index contributed by atoms with van der Waals surface area (Å²) in [5.74, 6) is -0.288. The molecule has 2 rings (SSSR count). The van der Waals surface area contributed by atoms with Crippen LogP contribution in [0, 0.1) is 0 Å². The molecule has 120 valence electrons. The van der Waals surface area contributed by atoms with Gasteiger partial charge in [-0.25, -0.2) is 4.79 Å². The lowest BCUT2D eigenvalue weighted by atomic mass is 9.98. The molecule has 0 N–H and O–H groups in total. The van der Waals surface area contributed by atoms with E-state index >= 15 is 0 Å². The van der Waals surface area contributed by atoms with Gasteiger partial charge in [-0.05, 0) is 39.0 Å². The number of halogens is 3. The zero-order chi connectivity index (χ0) is 16.7. The van der Waals surface area contributed by atoms with E-state index in [0.717, 1.165) is 23.1 Å². The zero-order valence-corrected chi connectivity index (χ0v) is 12.5. The number of amides is 1. The molecule has 0 saturated carbocycles. The minimum Gasteiger partial charge on any atom is -0.443 e. The van der Waals surface area contributed by atoms with E-state index in [-0.39, 0.29) is 30.0 Å². The Bertz CT molecular complexity index is 617. The summed E-state index contributed by atoms with van der Waals surface area (Å²) >= 11 is 0. The topological polar surface area (TPSA) is 46.6 Å². The molecule has 0 fully saturated rings. The Morgan fingerprint density at radius 3 is 2.41 bits per heavy atom. The van der Waals surface area contributed by atoms with Gasteiger partial charge in [-0.15, -0.1) is 0 Å². The standard InChI is InChI=1S/C15H16F3NO3/c1-14(2,3)22-13(21)19-7-6-12(20)10-5-4-9(8-11(10)19)15(16,17)18/h4-5,8H,6-7H2,1-3H3. The van der Waals surface area contributed by atoms with Crippen molar-refractivity contribution in [3.05, 3.63) is 29.3 Å². The molecule has 1 heterocycles. The number of fused-ring (bicyclic) bond motifs is 1. The number of ether oxygens (including phenoxy) is 1. The van der Waals surface area contributed by atoms with Crippen molar-refractivity contribution >= 4 is 17.6 Å². The average Bonchev–Trinajstić information content (AvgIpc) is 2.35. The largest absolute Gasteiger partial charge is 0.443 e. The highest BCUT2D eigenvalue weighted by Crippen LogP contribution is 2.36. The van der Waals surface area contributed by atoms with Crippen LogP contribution < -0.4 is 4.90 Å². The van der Waals surface area contributed by atoms with Crippen LogP contribution >= 0.6 is 0 Å². The quantitative estimate of drug-likeness (QED) is 0.726. The van der Waals surface area contributed by atoms with E-state index in [0.29, 0.717) is 0 Å². The molecule has 0 aliphatic carbocycles. The van der Waals surface area contributed by atoms with Crippen LogP contribution in [0.3, 0.4) is 0 Å². The number of hydrogen-bond acceptors (Lipinski definition) is 3. The summed E-state index contributed by atoms with van der Waals surface area (Å²) in [5, 5.41) is 0. The van der Waals surface area contributed by atoms with Crippen LogP contribution in [0.25, 0.3) is 0 Å². The van der Waals surface area contributed by atoms with Gasteiger partial charge in [0.05, 0.1) is 11.3 Å². The molecule has 1 aliphatic rings. The van der Waals surface area contributed by atoms with Gasteiger partial charge in [0.1, 0.15) is 5.60 Å².